The van der Waals surface area contributed by atoms with E-state index in [0.717, 1.165) is 23.2 Å². The Morgan fingerprint density at radius 2 is 1.92 bits per heavy atom. The molecule has 2 aromatic rings. The normalized spacial score (nSPS) is 24.2. The van der Waals surface area contributed by atoms with Gasteiger partial charge < -0.3 is 10.4 Å². The van der Waals surface area contributed by atoms with Crippen LogP contribution in [-0.2, 0) is 0 Å². The van der Waals surface area contributed by atoms with E-state index in [2.05, 4.69) is 17.5 Å². The highest BCUT2D eigenvalue weighted by atomic mass is 35.5. The van der Waals surface area contributed by atoms with Crippen molar-refractivity contribution in [3.8, 4) is 0 Å². The van der Waals surface area contributed by atoms with Gasteiger partial charge in [-0.15, -0.1) is 0 Å². The lowest BCUT2D eigenvalue weighted by Gasteiger charge is -2.38. The molecule has 2 aliphatic rings. The predicted molar refractivity (Wildman–Crippen MR) is 96.2 cm³/mol. The lowest BCUT2D eigenvalue weighted by atomic mass is 9.76. The number of allylic oxidation sites excluding steroid dienone is 2. The number of hydrogen-bond acceptors (Lipinski definition) is 2. The third kappa shape index (κ3) is 2.31. The number of carboxylic acids is 1. The molecule has 1 heterocycles. The Hall–Kier alpha value is -1.97. The highest BCUT2D eigenvalue weighted by Gasteiger charge is 2.40. The highest BCUT2D eigenvalue weighted by molar-refractivity contribution is 6.43. The van der Waals surface area contributed by atoms with Crippen LogP contribution < -0.4 is 5.32 Å². The first-order valence-electron chi connectivity index (χ1n) is 7.81. The molecule has 4 rings (SSSR count). The van der Waals surface area contributed by atoms with Gasteiger partial charge in [-0.2, -0.15) is 0 Å². The Morgan fingerprint density at radius 3 is 2.71 bits per heavy atom. The van der Waals surface area contributed by atoms with Gasteiger partial charge in [-0.3, -0.25) is 0 Å². The molecule has 0 radical (unpaired) electrons. The van der Waals surface area contributed by atoms with Gasteiger partial charge in [0.05, 0.1) is 27.3 Å². The molecule has 3 nitrogen and oxygen atoms in total. The van der Waals surface area contributed by atoms with Gasteiger partial charge in [-0.25, -0.2) is 4.79 Å². The van der Waals surface area contributed by atoms with Crippen molar-refractivity contribution >= 4 is 34.9 Å². The van der Waals surface area contributed by atoms with Crippen LogP contribution in [0.4, 0.5) is 5.69 Å². The maximum absolute atomic E-state index is 11.6. The first kappa shape index (κ1) is 15.6. The number of aromatic carboxylic acids is 1. The Balaban J connectivity index is 1.87. The van der Waals surface area contributed by atoms with Crippen LogP contribution in [0.2, 0.25) is 10.0 Å². The number of carboxylic acid groups (broad SMARTS) is 1. The van der Waals surface area contributed by atoms with Gasteiger partial charge in [0.15, 0.2) is 0 Å². The quantitative estimate of drug-likeness (QED) is 0.694. The molecule has 3 atom stereocenters. The Kier molecular flexibility index (Phi) is 3.78. The number of anilines is 1. The summed E-state index contributed by atoms with van der Waals surface area (Å²) in [6, 6.07) is 10.8. The van der Waals surface area contributed by atoms with Gasteiger partial charge in [-0.1, -0.05) is 59.6 Å². The van der Waals surface area contributed by atoms with Crippen LogP contribution in [0, 0.1) is 5.92 Å². The van der Waals surface area contributed by atoms with Gasteiger partial charge in [0.25, 0.3) is 0 Å². The summed E-state index contributed by atoms with van der Waals surface area (Å²) in [6.45, 7) is 0. The van der Waals surface area contributed by atoms with E-state index < -0.39 is 5.97 Å². The molecule has 0 bridgehead atoms. The maximum Gasteiger partial charge on any atom is 0.336 e. The smallest absolute Gasteiger partial charge is 0.336 e. The topological polar surface area (TPSA) is 49.3 Å². The molecule has 0 saturated heterocycles. The summed E-state index contributed by atoms with van der Waals surface area (Å²) in [4.78, 5) is 11.6. The van der Waals surface area contributed by atoms with Crippen LogP contribution in [0.1, 0.15) is 39.9 Å². The summed E-state index contributed by atoms with van der Waals surface area (Å²) < 4.78 is 0. The zero-order chi connectivity index (χ0) is 16.8. The second-order valence-corrected chi connectivity index (χ2v) is 6.98. The second kappa shape index (κ2) is 5.83. The van der Waals surface area contributed by atoms with Gasteiger partial charge in [0.1, 0.15) is 0 Å². The minimum Gasteiger partial charge on any atom is -0.478 e. The molecule has 0 aromatic heterocycles. The largest absolute Gasteiger partial charge is 0.478 e. The summed E-state index contributed by atoms with van der Waals surface area (Å²) in [5, 5.41) is 14.0. The third-order valence-electron chi connectivity index (χ3n) is 4.95. The lowest BCUT2D eigenvalue weighted by Crippen LogP contribution is -2.30. The molecule has 24 heavy (non-hydrogen) atoms. The zero-order valence-corrected chi connectivity index (χ0v) is 14.2. The summed E-state index contributed by atoms with van der Waals surface area (Å²) >= 11 is 12.6. The monoisotopic (exact) mass is 359 g/mol. The number of benzene rings is 2. The van der Waals surface area contributed by atoms with E-state index in [1.165, 1.54) is 0 Å². The van der Waals surface area contributed by atoms with Crippen LogP contribution in [0.5, 0.6) is 0 Å². The first-order chi connectivity index (χ1) is 11.6. The fraction of sp³-hybridized carbons (Fsp3) is 0.211. The molecular formula is C19H15Cl2NO2. The number of rotatable bonds is 2. The van der Waals surface area contributed by atoms with E-state index in [9.17, 15) is 9.90 Å². The van der Waals surface area contributed by atoms with Crippen LogP contribution in [0.25, 0.3) is 0 Å². The molecule has 0 amide bonds. The number of hydrogen-bond donors (Lipinski definition) is 2. The number of nitrogens with one attached hydrogen (secondary N) is 1. The lowest BCUT2D eigenvalue weighted by molar-refractivity contribution is 0.0694. The summed E-state index contributed by atoms with van der Waals surface area (Å²) in [5.74, 6) is -0.448. The van der Waals surface area contributed by atoms with Crippen LogP contribution in [0.15, 0.2) is 48.6 Å². The van der Waals surface area contributed by atoms with Crippen molar-refractivity contribution in [3.63, 3.8) is 0 Å². The van der Waals surface area contributed by atoms with Crippen molar-refractivity contribution in [1.82, 2.24) is 0 Å². The van der Waals surface area contributed by atoms with E-state index in [-0.39, 0.29) is 17.9 Å². The van der Waals surface area contributed by atoms with Crippen molar-refractivity contribution in [1.29, 1.82) is 0 Å². The summed E-state index contributed by atoms with van der Waals surface area (Å²) in [6.07, 6.45) is 5.24. The number of fused-ring (bicyclic) bond motifs is 3. The second-order valence-electron chi connectivity index (χ2n) is 6.19. The van der Waals surface area contributed by atoms with Gasteiger partial charge in [0.2, 0.25) is 0 Å². The Morgan fingerprint density at radius 1 is 1.12 bits per heavy atom. The van der Waals surface area contributed by atoms with Crippen molar-refractivity contribution in [2.45, 2.75) is 18.4 Å². The van der Waals surface area contributed by atoms with Gasteiger partial charge >= 0.3 is 5.97 Å². The van der Waals surface area contributed by atoms with Crippen molar-refractivity contribution < 1.29 is 9.90 Å². The van der Waals surface area contributed by atoms with Crippen LogP contribution in [0.3, 0.4) is 0 Å². The van der Waals surface area contributed by atoms with E-state index in [0.29, 0.717) is 15.6 Å². The van der Waals surface area contributed by atoms with Crippen LogP contribution >= 0.6 is 23.2 Å². The van der Waals surface area contributed by atoms with Crippen molar-refractivity contribution in [2.24, 2.45) is 5.92 Å². The van der Waals surface area contributed by atoms with Gasteiger partial charge in [0, 0.05) is 5.92 Å². The van der Waals surface area contributed by atoms with Gasteiger partial charge in [-0.05, 0) is 35.6 Å². The standard InChI is InChI=1S/C19H15Cl2NO2/c20-15-9-8-13-10-6-3-7-11(10)17(22-18(13)16(15)21)12-4-1-2-5-14(12)19(23)24/h1-6,8-11,17,22H,7H2,(H,23,24)/t10-,11-,17-/m1/s1. The first-order valence-corrected chi connectivity index (χ1v) is 8.57. The third-order valence-corrected chi connectivity index (χ3v) is 5.76. The Bertz CT molecular complexity index is 862. The molecule has 0 fully saturated rings. The molecule has 2 aromatic carbocycles. The Labute approximate surface area is 149 Å². The molecule has 0 saturated carbocycles. The van der Waals surface area contributed by atoms with E-state index in [1.54, 1.807) is 12.1 Å². The van der Waals surface area contributed by atoms with Crippen molar-refractivity contribution in [3.05, 3.63) is 75.3 Å². The minimum absolute atomic E-state index is 0.124. The number of halogens is 2. The molecule has 122 valence electrons. The maximum atomic E-state index is 11.6. The minimum atomic E-state index is -0.919. The molecule has 1 aliphatic carbocycles. The van der Waals surface area contributed by atoms with Crippen molar-refractivity contribution in [2.75, 3.05) is 5.32 Å². The van der Waals surface area contributed by atoms with Crippen LogP contribution in [-0.4, -0.2) is 11.1 Å². The molecular weight excluding hydrogens is 345 g/mol. The van der Waals surface area contributed by atoms with E-state index >= 15 is 0 Å². The molecule has 5 heteroatoms. The molecule has 0 spiro atoms. The SMILES string of the molecule is O=C(O)c1ccccc1[C@@H]1Nc2c(ccc(Cl)c2Cl)[C@@H]2C=CC[C@H]21. The van der Waals surface area contributed by atoms with E-state index in [4.69, 9.17) is 23.2 Å². The average molecular weight is 360 g/mol. The molecule has 1 aliphatic heterocycles. The highest BCUT2D eigenvalue weighted by Crippen LogP contribution is 2.52. The average Bonchev–Trinajstić information content (AvgIpc) is 3.07. The predicted octanol–water partition coefficient (Wildman–Crippen LogP) is 5.52. The fourth-order valence-corrected chi connectivity index (χ4v) is 4.26. The molecule has 0 unspecified atom stereocenters. The molecule has 2 N–H and O–H groups in total. The fourth-order valence-electron chi connectivity index (χ4n) is 3.87. The zero-order valence-electron chi connectivity index (χ0n) is 12.7. The van der Waals surface area contributed by atoms with E-state index in [1.807, 2.05) is 24.3 Å². The summed E-state index contributed by atoms with van der Waals surface area (Å²) in [5.41, 5.74) is 3.03. The number of carbonyl (C=O) groups is 1. The summed E-state index contributed by atoms with van der Waals surface area (Å²) in [7, 11) is 0.